The molecule has 0 unspecified atom stereocenters. The van der Waals surface area contributed by atoms with E-state index >= 15 is 0 Å². The molecule has 0 radical (unpaired) electrons. The van der Waals surface area contributed by atoms with Gasteiger partial charge < -0.3 is 10.5 Å². The molecule has 0 bridgehead atoms. The van der Waals surface area contributed by atoms with E-state index in [0.29, 0.717) is 6.42 Å². The van der Waals surface area contributed by atoms with Gasteiger partial charge in [0.1, 0.15) is 5.75 Å². The fourth-order valence-electron chi connectivity index (χ4n) is 1.14. The molecular formula is C10H12BrClN2O. The van der Waals surface area contributed by atoms with Gasteiger partial charge in [0.2, 0.25) is 0 Å². The summed E-state index contributed by atoms with van der Waals surface area (Å²) in [4.78, 5) is 0. The third kappa shape index (κ3) is 3.71. The van der Waals surface area contributed by atoms with Gasteiger partial charge in [-0.15, -0.1) is 12.4 Å². The Bertz CT molecular complexity index is 365. The standard InChI is InChI=1S/C10H11BrN2O.ClH/c1-14-7-2-3-9(11)8(6-7)10(13)4-5-12;/h2-3,6,10H,4,13H2,1H3;1H/t10-;/m1./s1. The third-order valence-electron chi connectivity index (χ3n) is 1.91. The number of nitrogens with two attached hydrogens (primary N) is 1. The lowest BCUT2D eigenvalue weighted by Gasteiger charge is -2.11. The van der Waals surface area contributed by atoms with Gasteiger partial charge in [-0.25, -0.2) is 0 Å². The summed E-state index contributed by atoms with van der Waals surface area (Å²) in [5, 5.41) is 8.54. The van der Waals surface area contributed by atoms with E-state index in [-0.39, 0.29) is 18.4 Å². The largest absolute Gasteiger partial charge is 0.497 e. The van der Waals surface area contributed by atoms with Crippen molar-refractivity contribution in [2.45, 2.75) is 12.5 Å². The molecule has 2 N–H and O–H groups in total. The van der Waals surface area contributed by atoms with Crippen LogP contribution in [-0.2, 0) is 0 Å². The summed E-state index contributed by atoms with van der Waals surface area (Å²) in [7, 11) is 1.60. The van der Waals surface area contributed by atoms with Crippen LogP contribution in [0.5, 0.6) is 5.75 Å². The lowest BCUT2D eigenvalue weighted by atomic mass is 10.1. The van der Waals surface area contributed by atoms with Crippen LogP contribution in [0.15, 0.2) is 22.7 Å². The second-order valence-corrected chi connectivity index (χ2v) is 3.71. The summed E-state index contributed by atoms with van der Waals surface area (Å²) in [5.41, 5.74) is 6.72. The molecule has 0 spiro atoms. The molecule has 5 heteroatoms. The summed E-state index contributed by atoms with van der Waals surface area (Å²) in [6.45, 7) is 0. The Hall–Kier alpha value is -0.760. The molecule has 0 heterocycles. The van der Waals surface area contributed by atoms with Crippen LogP contribution in [0.25, 0.3) is 0 Å². The van der Waals surface area contributed by atoms with Gasteiger partial charge in [-0.2, -0.15) is 5.26 Å². The number of nitriles is 1. The van der Waals surface area contributed by atoms with Crippen molar-refractivity contribution in [3.63, 3.8) is 0 Å². The van der Waals surface area contributed by atoms with Gasteiger partial charge in [0, 0.05) is 10.5 Å². The van der Waals surface area contributed by atoms with Crippen LogP contribution >= 0.6 is 28.3 Å². The molecule has 0 aliphatic carbocycles. The number of ether oxygens (including phenoxy) is 1. The number of halogens is 2. The first kappa shape index (κ1) is 14.2. The molecule has 0 saturated carbocycles. The van der Waals surface area contributed by atoms with E-state index in [2.05, 4.69) is 15.9 Å². The van der Waals surface area contributed by atoms with Gasteiger partial charge >= 0.3 is 0 Å². The smallest absolute Gasteiger partial charge is 0.119 e. The number of rotatable bonds is 3. The molecule has 0 fully saturated rings. The highest BCUT2D eigenvalue weighted by Gasteiger charge is 2.10. The van der Waals surface area contributed by atoms with Crippen molar-refractivity contribution in [2.24, 2.45) is 5.73 Å². The first-order valence-corrected chi connectivity index (χ1v) is 4.94. The predicted molar refractivity (Wildman–Crippen MR) is 65.1 cm³/mol. The van der Waals surface area contributed by atoms with Gasteiger partial charge in [-0.1, -0.05) is 15.9 Å². The maximum atomic E-state index is 8.54. The van der Waals surface area contributed by atoms with Gasteiger partial charge in [0.05, 0.1) is 19.6 Å². The molecule has 0 saturated heterocycles. The fourth-order valence-corrected chi connectivity index (χ4v) is 1.68. The minimum atomic E-state index is -0.274. The summed E-state index contributed by atoms with van der Waals surface area (Å²) >= 11 is 3.39. The van der Waals surface area contributed by atoms with Gasteiger partial charge in [0.15, 0.2) is 0 Å². The zero-order valence-electron chi connectivity index (χ0n) is 8.24. The fraction of sp³-hybridized carbons (Fsp3) is 0.300. The summed E-state index contributed by atoms with van der Waals surface area (Å²) in [5.74, 6) is 0.747. The average molecular weight is 292 g/mol. The number of hydrogen-bond donors (Lipinski definition) is 1. The topological polar surface area (TPSA) is 59.0 Å². The SMILES string of the molecule is COc1ccc(Br)c([C@H](N)CC#N)c1.Cl. The number of methoxy groups -OCH3 is 1. The second kappa shape index (κ2) is 6.67. The highest BCUT2D eigenvalue weighted by Crippen LogP contribution is 2.27. The first-order valence-electron chi connectivity index (χ1n) is 4.15. The van der Waals surface area contributed by atoms with Crippen molar-refractivity contribution in [3.8, 4) is 11.8 Å². The molecule has 0 aliphatic rings. The number of benzene rings is 1. The van der Waals surface area contributed by atoms with Crippen molar-refractivity contribution >= 4 is 28.3 Å². The molecule has 1 aromatic rings. The Morgan fingerprint density at radius 3 is 2.80 bits per heavy atom. The second-order valence-electron chi connectivity index (χ2n) is 2.86. The minimum Gasteiger partial charge on any atom is -0.497 e. The highest BCUT2D eigenvalue weighted by molar-refractivity contribution is 9.10. The quantitative estimate of drug-likeness (QED) is 0.931. The van der Waals surface area contributed by atoms with E-state index in [1.807, 2.05) is 24.3 Å². The molecule has 0 amide bonds. The van der Waals surface area contributed by atoms with E-state index in [9.17, 15) is 0 Å². The third-order valence-corrected chi connectivity index (χ3v) is 2.64. The van der Waals surface area contributed by atoms with Crippen LogP contribution in [0, 0.1) is 11.3 Å². The van der Waals surface area contributed by atoms with Crippen molar-refractivity contribution in [2.75, 3.05) is 7.11 Å². The molecule has 0 aliphatic heterocycles. The summed E-state index contributed by atoms with van der Waals surface area (Å²) in [6.07, 6.45) is 0.297. The number of hydrogen-bond acceptors (Lipinski definition) is 3. The van der Waals surface area contributed by atoms with Gasteiger partial charge in [-0.05, 0) is 23.8 Å². The van der Waals surface area contributed by atoms with E-state index in [1.165, 1.54) is 0 Å². The van der Waals surface area contributed by atoms with Crippen molar-refractivity contribution in [3.05, 3.63) is 28.2 Å². The van der Waals surface area contributed by atoms with Crippen LogP contribution in [0.3, 0.4) is 0 Å². The maximum absolute atomic E-state index is 8.54. The molecule has 1 atom stereocenters. The Labute approximate surface area is 104 Å². The summed E-state index contributed by atoms with van der Waals surface area (Å²) in [6, 6.07) is 7.32. The molecule has 82 valence electrons. The maximum Gasteiger partial charge on any atom is 0.119 e. The van der Waals surface area contributed by atoms with E-state index < -0.39 is 0 Å². The lowest BCUT2D eigenvalue weighted by Crippen LogP contribution is -2.10. The Kier molecular flexibility index (Phi) is 6.34. The Morgan fingerprint density at radius 2 is 2.27 bits per heavy atom. The van der Waals surface area contributed by atoms with Crippen LogP contribution in [0.4, 0.5) is 0 Å². The van der Waals surface area contributed by atoms with Crippen LogP contribution < -0.4 is 10.5 Å². The first-order chi connectivity index (χ1) is 6.69. The van der Waals surface area contributed by atoms with Crippen LogP contribution in [0.2, 0.25) is 0 Å². The molecule has 15 heavy (non-hydrogen) atoms. The monoisotopic (exact) mass is 290 g/mol. The normalized spacial score (nSPS) is 11.1. The molecule has 1 rings (SSSR count). The molecule has 0 aromatic heterocycles. The molecular weight excluding hydrogens is 279 g/mol. The van der Waals surface area contributed by atoms with Gasteiger partial charge in [-0.3, -0.25) is 0 Å². The Balaban J connectivity index is 0.00000196. The van der Waals surface area contributed by atoms with Crippen LogP contribution in [0.1, 0.15) is 18.0 Å². The van der Waals surface area contributed by atoms with E-state index in [4.69, 9.17) is 15.7 Å². The number of nitrogens with zero attached hydrogens (tertiary/aromatic N) is 1. The zero-order chi connectivity index (χ0) is 10.6. The van der Waals surface area contributed by atoms with Crippen LogP contribution in [-0.4, -0.2) is 7.11 Å². The molecule has 1 aromatic carbocycles. The minimum absolute atomic E-state index is 0. The molecule has 3 nitrogen and oxygen atoms in total. The Morgan fingerprint density at radius 1 is 1.60 bits per heavy atom. The predicted octanol–water partition coefficient (Wildman–Crippen LogP) is 2.79. The van der Waals surface area contributed by atoms with Gasteiger partial charge in [0.25, 0.3) is 0 Å². The average Bonchev–Trinajstić information content (AvgIpc) is 2.19. The zero-order valence-corrected chi connectivity index (χ0v) is 10.6. The highest BCUT2D eigenvalue weighted by atomic mass is 79.9. The van der Waals surface area contributed by atoms with E-state index in [0.717, 1.165) is 15.8 Å². The van der Waals surface area contributed by atoms with E-state index in [1.54, 1.807) is 7.11 Å². The van der Waals surface area contributed by atoms with Crippen molar-refractivity contribution < 1.29 is 4.74 Å². The van der Waals surface area contributed by atoms with Crippen molar-refractivity contribution in [1.29, 1.82) is 5.26 Å². The summed E-state index contributed by atoms with van der Waals surface area (Å²) < 4.78 is 5.98. The van der Waals surface area contributed by atoms with Crippen molar-refractivity contribution in [1.82, 2.24) is 0 Å². The lowest BCUT2D eigenvalue weighted by molar-refractivity contribution is 0.413.